The van der Waals surface area contributed by atoms with Gasteiger partial charge in [-0.15, -0.1) is 0 Å². The zero-order valence-corrected chi connectivity index (χ0v) is 15.6. The first-order valence-corrected chi connectivity index (χ1v) is 8.90. The number of methoxy groups -OCH3 is 1. The monoisotopic (exact) mass is 347 g/mol. The van der Waals surface area contributed by atoms with Crippen LogP contribution >= 0.6 is 0 Å². The molecule has 1 aliphatic carbocycles. The van der Waals surface area contributed by atoms with Crippen LogP contribution in [0.25, 0.3) is 0 Å². The lowest BCUT2D eigenvalue weighted by Crippen LogP contribution is -2.31. The van der Waals surface area contributed by atoms with E-state index in [0.29, 0.717) is 17.4 Å². The molecule has 0 heterocycles. The molecule has 1 aromatic carbocycles. The molecule has 5 heteroatoms. The molecule has 5 nitrogen and oxygen atoms in total. The highest BCUT2D eigenvalue weighted by molar-refractivity contribution is 5.93. The molecule has 0 spiro atoms. The van der Waals surface area contributed by atoms with Gasteiger partial charge in [0.05, 0.1) is 13.0 Å². The summed E-state index contributed by atoms with van der Waals surface area (Å²) in [5.41, 5.74) is 0.900. The summed E-state index contributed by atoms with van der Waals surface area (Å²) >= 11 is 0. The fourth-order valence-corrected chi connectivity index (χ4v) is 3.35. The lowest BCUT2D eigenvalue weighted by atomic mass is 9.70. The number of amides is 1. The summed E-state index contributed by atoms with van der Waals surface area (Å²) in [6, 6.07) is 7.06. The second kappa shape index (κ2) is 8.37. The summed E-state index contributed by atoms with van der Waals surface area (Å²) in [4.78, 5) is 24.1. The Kier molecular flexibility index (Phi) is 6.45. The number of rotatable bonds is 5. The average Bonchev–Trinajstić information content (AvgIpc) is 2.59. The van der Waals surface area contributed by atoms with Gasteiger partial charge in [-0.2, -0.15) is 0 Å². The fraction of sp³-hybridized carbons (Fsp3) is 0.600. The molecular formula is C20H29NO4. The van der Waals surface area contributed by atoms with Crippen LogP contribution in [0.4, 0.5) is 5.69 Å². The van der Waals surface area contributed by atoms with Crippen molar-refractivity contribution >= 4 is 17.6 Å². The highest BCUT2D eigenvalue weighted by atomic mass is 16.5. The van der Waals surface area contributed by atoms with Crippen LogP contribution in [0.3, 0.4) is 0 Å². The molecular weight excluding hydrogens is 318 g/mol. The number of esters is 1. The van der Waals surface area contributed by atoms with Gasteiger partial charge in [-0.05, 0) is 49.1 Å². The zero-order chi connectivity index (χ0) is 18.4. The Morgan fingerprint density at radius 1 is 1.16 bits per heavy atom. The molecule has 1 saturated carbocycles. The molecule has 1 aromatic rings. The summed E-state index contributed by atoms with van der Waals surface area (Å²) in [6.45, 7) is 6.49. The Balaban J connectivity index is 1.75. The zero-order valence-electron chi connectivity index (χ0n) is 15.6. The van der Waals surface area contributed by atoms with E-state index in [0.717, 1.165) is 25.7 Å². The van der Waals surface area contributed by atoms with E-state index in [2.05, 4.69) is 26.1 Å². The van der Waals surface area contributed by atoms with Gasteiger partial charge in [0, 0.05) is 11.8 Å². The van der Waals surface area contributed by atoms with Crippen LogP contribution in [0, 0.1) is 17.3 Å². The molecule has 1 fully saturated rings. The Bertz CT molecular complexity index is 598. The molecule has 25 heavy (non-hydrogen) atoms. The van der Waals surface area contributed by atoms with Crippen molar-refractivity contribution in [3.8, 4) is 5.75 Å². The number of ether oxygens (including phenoxy) is 2. The van der Waals surface area contributed by atoms with Gasteiger partial charge in [0.1, 0.15) is 5.75 Å². The van der Waals surface area contributed by atoms with Crippen molar-refractivity contribution in [2.75, 3.05) is 19.0 Å². The summed E-state index contributed by atoms with van der Waals surface area (Å²) in [5, 5.41) is 2.71. The Morgan fingerprint density at radius 2 is 1.84 bits per heavy atom. The maximum atomic E-state index is 12.2. The fourth-order valence-electron chi connectivity index (χ4n) is 3.35. The predicted molar refractivity (Wildman–Crippen MR) is 97.5 cm³/mol. The lowest BCUT2D eigenvalue weighted by Gasteiger charge is -2.36. The first kappa shape index (κ1) is 19.3. The van der Waals surface area contributed by atoms with Crippen molar-refractivity contribution < 1.29 is 19.1 Å². The van der Waals surface area contributed by atoms with Crippen molar-refractivity contribution in [3.05, 3.63) is 24.3 Å². The van der Waals surface area contributed by atoms with Gasteiger partial charge in [0.2, 0.25) is 0 Å². The van der Waals surface area contributed by atoms with E-state index in [1.165, 1.54) is 0 Å². The highest BCUT2D eigenvalue weighted by Gasteiger charge is 2.33. The quantitative estimate of drug-likeness (QED) is 0.817. The minimum absolute atomic E-state index is 0.0804. The van der Waals surface area contributed by atoms with Gasteiger partial charge in [-0.1, -0.05) is 26.8 Å². The predicted octanol–water partition coefficient (Wildman–Crippen LogP) is 4.03. The van der Waals surface area contributed by atoms with Crippen LogP contribution in [0.5, 0.6) is 5.75 Å². The molecule has 138 valence electrons. The molecule has 0 unspecified atom stereocenters. The van der Waals surface area contributed by atoms with Gasteiger partial charge in [-0.25, -0.2) is 0 Å². The molecule has 0 aliphatic heterocycles. The number of carbonyl (C=O) groups excluding carboxylic acids is 2. The Labute approximate surface area is 150 Å². The largest absolute Gasteiger partial charge is 0.497 e. The number of nitrogens with one attached hydrogen (secondary N) is 1. The smallest absolute Gasteiger partial charge is 0.309 e. The molecule has 1 amide bonds. The van der Waals surface area contributed by atoms with Crippen molar-refractivity contribution in [3.63, 3.8) is 0 Å². The maximum absolute atomic E-state index is 12.2. The minimum Gasteiger partial charge on any atom is -0.497 e. The van der Waals surface area contributed by atoms with Crippen molar-refractivity contribution in [1.82, 2.24) is 0 Å². The van der Waals surface area contributed by atoms with Crippen LogP contribution in [0.2, 0.25) is 0 Å². The molecule has 0 radical (unpaired) electrons. The summed E-state index contributed by atoms with van der Waals surface area (Å²) in [5.74, 6) is 0.625. The van der Waals surface area contributed by atoms with Crippen LogP contribution < -0.4 is 10.1 Å². The number of benzene rings is 1. The normalized spacial score (nSPS) is 20.6. The highest BCUT2D eigenvalue weighted by Crippen LogP contribution is 2.40. The second-order valence-corrected chi connectivity index (χ2v) is 7.80. The first-order valence-electron chi connectivity index (χ1n) is 8.90. The van der Waals surface area contributed by atoms with E-state index in [9.17, 15) is 9.59 Å². The van der Waals surface area contributed by atoms with Gasteiger partial charge in [0.25, 0.3) is 5.91 Å². The van der Waals surface area contributed by atoms with Crippen LogP contribution in [-0.2, 0) is 14.3 Å². The number of hydrogen-bond donors (Lipinski definition) is 1. The standard InChI is InChI=1S/C20H29NO4/c1-20(2,3)15-10-8-14(9-11-15)19(23)25-13-18(22)21-16-6-5-7-17(12-16)24-4/h5-7,12,14-15H,8-11,13H2,1-4H3,(H,21,22). The average molecular weight is 347 g/mol. The van der Waals surface area contributed by atoms with Crippen LogP contribution in [0.15, 0.2) is 24.3 Å². The van der Waals surface area contributed by atoms with Gasteiger partial charge in [-0.3, -0.25) is 9.59 Å². The van der Waals surface area contributed by atoms with E-state index >= 15 is 0 Å². The Morgan fingerprint density at radius 3 is 2.44 bits per heavy atom. The van der Waals surface area contributed by atoms with E-state index in [1.807, 2.05) is 0 Å². The van der Waals surface area contributed by atoms with E-state index in [-0.39, 0.29) is 29.8 Å². The van der Waals surface area contributed by atoms with Gasteiger partial charge < -0.3 is 14.8 Å². The van der Waals surface area contributed by atoms with E-state index in [4.69, 9.17) is 9.47 Å². The number of carbonyl (C=O) groups is 2. The van der Waals surface area contributed by atoms with Crippen molar-refractivity contribution in [1.29, 1.82) is 0 Å². The van der Waals surface area contributed by atoms with E-state index in [1.54, 1.807) is 31.4 Å². The molecule has 0 atom stereocenters. The van der Waals surface area contributed by atoms with Crippen LogP contribution in [-0.4, -0.2) is 25.6 Å². The third-order valence-electron chi connectivity index (χ3n) is 4.98. The van der Waals surface area contributed by atoms with Crippen molar-refractivity contribution in [2.24, 2.45) is 17.3 Å². The third kappa shape index (κ3) is 5.76. The van der Waals surface area contributed by atoms with Crippen LogP contribution in [0.1, 0.15) is 46.5 Å². The van der Waals surface area contributed by atoms with Gasteiger partial charge >= 0.3 is 5.97 Å². The van der Waals surface area contributed by atoms with E-state index < -0.39 is 0 Å². The van der Waals surface area contributed by atoms with Crippen molar-refractivity contribution in [2.45, 2.75) is 46.5 Å². The SMILES string of the molecule is COc1cccc(NC(=O)COC(=O)C2CCC(C(C)(C)C)CC2)c1. The number of anilines is 1. The maximum Gasteiger partial charge on any atom is 0.309 e. The first-order chi connectivity index (χ1) is 11.8. The molecule has 2 rings (SSSR count). The molecule has 1 N–H and O–H groups in total. The summed E-state index contributed by atoms with van der Waals surface area (Å²) in [7, 11) is 1.57. The topological polar surface area (TPSA) is 64.6 Å². The lowest BCUT2D eigenvalue weighted by molar-refractivity contribution is -0.153. The summed E-state index contributed by atoms with van der Waals surface area (Å²) < 4.78 is 10.3. The molecule has 0 aromatic heterocycles. The molecule has 0 bridgehead atoms. The van der Waals surface area contributed by atoms with Gasteiger partial charge in [0.15, 0.2) is 6.61 Å². The molecule has 0 saturated heterocycles. The minimum atomic E-state index is -0.343. The second-order valence-electron chi connectivity index (χ2n) is 7.80. The molecule has 1 aliphatic rings. The Hall–Kier alpha value is -2.04. The summed E-state index contributed by atoms with van der Waals surface area (Å²) in [6.07, 6.45) is 3.77. The number of hydrogen-bond acceptors (Lipinski definition) is 4. The third-order valence-corrected chi connectivity index (χ3v) is 4.98.